The van der Waals surface area contributed by atoms with Gasteiger partial charge in [-0.25, -0.2) is 0 Å². The highest BCUT2D eigenvalue weighted by Gasteiger charge is 2.35. The molecule has 0 bridgehead atoms. The summed E-state index contributed by atoms with van der Waals surface area (Å²) in [5, 5.41) is 0. The normalized spacial score (nSPS) is 18.3. The smallest absolute Gasteiger partial charge is 0.163 e. The molecule has 3 heteroatoms. The Bertz CT molecular complexity index is 1220. The molecule has 4 rings (SSSR count). The molecule has 0 spiro atoms. The predicted octanol–water partition coefficient (Wildman–Crippen LogP) is 8.40. The van der Waals surface area contributed by atoms with E-state index in [1.54, 1.807) is 0 Å². The van der Waals surface area contributed by atoms with Crippen LogP contribution in [0.15, 0.2) is 24.3 Å². The molecule has 2 aliphatic rings. The summed E-state index contributed by atoms with van der Waals surface area (Å²) >= 11 is 0. The quantitative estimate of drug-likeness (QED) is 0.283. The van der Waals surface area contributed by atoms with E-state index in [-0.39, 0.29) is 41.5 Å². The van der Waals surface area contributed by atoms with Gasteiger partial charge < -0.3 is 0 Å². The Kier molecular flexibility index (Phi) is 9.06. The highest BCUT2D eigenvalue weighted by atomic mass is 16.1. The molecule has 0 heterocycles. The van der Waals surface area contributed by atoms with Crippen LogP contribution < -0.4 is 0 Å². The van der Waals surface area contributed by atoms with Crippen LogP contribution >= 0.6 is 0 Å². The van der Waals surface area contributed by atoms with E-state index in [4.69, 9.17) is 0 Å². The number of carbonyl (C=O) groups is 3. The summed E-state index contributed by atoms with van der Waals surface area (Å²) in [6.45, 7) is 12.3. The molecule has 3 atom stereocenters. The van der Waals surface area contributed by atoms with Crippen LogP contribution in [0.3, 0.4) is 0 Å². The van der Waals surface area contributed by atoms with E-state index in [2.05, 4.69) is 58.9 Å². The minimum Gasteiger partial charge on any atom is -0.300 e. The van der Waals surface area contributed by atoms with Crippen molar-refractivity contribution >= 4 is 17.3 Å². The van der Waals surface area contributed by atoms with Crippen molar-refractivity contribution in [2.45, 2.75) is 112 Å². The second kappa shape index (κ2) is 12.1. The number of fused-ring (bicyclic) bond motifs is 2. The third-order valence-electron chi connectivity index (χ3n) is 9.15. The van der Waals surface area contributed by atoms with E-state index in [1.165, 1.54) is 53.1 Å². The third-order valence-corrected chi connectivity index (χ3v) is 9.15. The number of aryl methyl sites for hydroxylation is 2. The zero-order valence-electron chi connectivity index (χ0n) is 24.4. The van der Waals surface area contributed by atoms with Crippen molar-refractivity contribution in [1.82, 2.24) is 0 Å². The lowest BCUT2D eigenvalue weighted by molar-refractivity contribution is -0.129. The third kappa shape index (κ3) is 5.87. The molecule has 3 nitrogen and oxygen atoms in total. The van der Waals surface area contributed by atoms with Gasteiger partial charge in [0, 0.05) is 17.9 Å². The number of hydrogen-bond acceptors (Lipinski definition) is 3. The van der Waals surface area contributed by atoms with Crippen molar-refractivity contribution in [2.24, 2.45) is 17.8 Å². The molecule has 2 aromatic rings. The van der Waals surface area contributed by atoms with E-state index >= 15 is 0 Å². The first-order valence-corrected chi connectivity index (χ1v) is 15.0. The number of benzene rings is 2. The first-order valence-electron chi connectivity index (χ1n) is 15.0. The molecule has 0 aliphatic heterocycles. The lowest BCUT2D eigenvalue weighted by Crippen LogP contribution is -2.30. The van der Waals surface area contributed by atoms with Gasteiger partial charge in [0.1, 0.15) is 11.6 Å². The van der Waals surface area contributed by atoms with Crippen LogP contribution in [0, 0.1) is 24.7 Å². The van der Waals surface area contributed by atoms with E-state index in [0.29, 0.717) is 12.3 Å². The van der Waals surface area contributed by atoms with Crippen LogP contribution in [-0.2, 0) is 28.9 Å². The molecule has 2 aromatic carbocycles. The summed E-state index contributed by atoms with van der Waals surface area (Å²) in [4.78, 5) is 38.4. The molecular weight excluding hydrogens is 468 g/mol. The van der Waals surface area contributed by atoms with E-state index in [1.807, 2.05) is 0 Å². The van der Waals surface area contributed by atoms with Crippen molar-refractivity contribution in [1.29, 1.82) is 0 Å². The van der Waals surface area contributed by atoms with Crippen LogP contribution in [0.2, 0.25) is 0 Å². The van der Waals surface area contributed by atoms with Gasteiger partial charge in [-0.15, -0.1) is 0 Å². The zero-order valence-corrected chi connectivity index (χ0v) is 24.4. The lowest BCUT2D eigenvalue weighted by atomic mass is 9.70. The molecule has 0 saturated carbocycles. The van der Waals surface area contributed by atoms with Gasteiger partial charge in [-0.3, -0.25) is 14.4 Å². The second-order valence-corrected chi connectivity index (χ2v) is 12.3. The number of carbonyl (C=O) groups excluding carboxylic acids is 3. The first-order chi connectivity index (χ1) is 18.1. The van der Waals surface area contributed by atoms with E-state index in [9.17, 15) is 14.4 Å². The van der Waals surface area contributed by atoms with Crippen molar-refractivity contribution < 1.29 is 14.4 Å². The molecule has 0 aromatic heterocycles. The van der Waals surface area contributed by atoms with Gasteiger partial charge >= 0.3 is 0 Å². The highest BCUT2D eigenvalue weighted by molar-refractivity contribution is 6.02. The number of rotatable bonds is 11. The fourth-order valence-electron chi connectivity index (χ4n) is 7.38. The van der Waals surface area contributed by atoms with Crippen LogP contribution in [0.5, 0.6) is 0 Å². The average molecular weight is 515 g/mol. The summed E-state index contributed by atoms with van der Waals surface area (Å²) in [6.07, 6.45) is 8.66. The van der Waals surface area contributed by atoms with Crippen molar-refractivity contribution in [2.75, 3.05) is 0 Å². The molecule has 0 N–H and O–H groups in total. The van der Waals surface area contributed by atoms with Gasteiger partial charge in [0.2, 0.25) is 0 Å². The summed E-state index contributed by atoms with van der Waals surface area (Å²) < 4.78 is 0. The maximum atomic E-state index is 13.8. The summed E-state index contributed by atoms with van der Waals surface area (Å²) in [7, 11) is 0. The SMILES string of the molecule is CCCC(CC1CC(=O)c2c(C)c(-c3ccc4c(c3)CCC4)cc(C(C)C)c2C1)C(CC)C(=O)CC(C)=O. The maximum Gasteiger partial charge on any atom is 0.163 e. The zero-order chi connectivity index (χ0) is 27.6. The molecule has 38 heavy (non-hydrogen) atoms. The average Bonchev–Trinajstić information content (AvgIpc) is 3.32. The van der Waals surface area contributed by atoms with Crippen molar-refractivity contribution in [3.63, 3.8) is 0 Å². The Labute approximate surface area is 229 Å². The summed E-state index contributed by atoms with van der Waals surface area (Å²) in [5.74, 6) is 0.997. The molecule has 0 saturated heterocycles. The van der Waals surface area contributed by atoms with Crippen molar-refractivity contribution in [3.8, 4) is 11.1 Å². The number of Topliss-reactive ketones (excluding diaryl/α,β-unsaturated/α-hetero) is 3. The molecule has 204 valence electrons. The first kappa shape index (κ1) is 28.5. The van der Waals surface area contributed by atoms with Gasteiger partial charge in [0.15, 0.2) is 5.78 Å². The van der Waals surface area contributed by atoms with E-state index in [0.717, 1.165) is 49.7 Å². The summed E-state index contributed by atoms with van der Waals surface area (Å²) in [6, 6.07) is 9.25. The van der Waals surface area contributed by atoms with Gasteiger partial charge in [-0.05, 0) is 109 Å². The standard InChI is InChI=1S/C35H46O3/c1-7-10-27(29(8-2)33(37)15-22(5)36)16-24-17-32-30(21(3)4)20-31(23(6)35(32)34(38)18-24)28-14-13-25-11-9-12-26(25)19-28/h13-14,19-21,24,27,29H,7-12,15-18H2,1-6H3. The van der Waals surface area contributed by atoms with Gasteiger partial charge in [-0.1, -0.05) is 64.8 Å². The fraction of sp³-hybridized carbons (Fsp3) is 0.571. The predicted molar refractivity (Wildman–Crippen MR) is 156 cm³/mol. The van der Waals surface area contributed by atoms with Crippen molar-refractivity contribution in [3.05, 3.63) is 57.6 Å². The van der Waals surface area contributed by atoms with Gasteiger partial charge in [0.25, 0.3) is 0 Å². The number of ketones is 3. The van der Waals surface area contributed by atoms with Crippen LogP contribution in [0.25, 0.3) is 11.1 Å². The topological polar surface area (TPSA) is 51.2 Å². The molecule has 0 fully saturated rings. The summed E-state index contributed by atoms with van der Waals surface area (Å²) in [5.41, 5.74) is 9.99. The molecule has 0 radical (unpaired) electrons. The second-order valence-electron chi connectivity index (χ2n) is 12.3. The Morgan fingerprint density at radius 1 is 1.03 bits per heavy atom. The Morgan fingerprint density at radius 3 is 2.42 bits per heavy atom. The van der Waals surface area contributed by atoms with Gasteiger partial charge in [-0.2, -0.15) is 0 Å². The molecule has 2 aliphatic carbocycles. The lowest BCUT2D eigenvalue weighted by Gasteiger charge is -2.33. The highest BCUT2D eigenvalue weighted by Crippen LogP contribution is 2.42. The van der Waals surface area contributed by atoms with E-state index < -0.39 is 0 Å². The maximum absolute atomic E-state index is 13.8. The Balaban J connectivity index is 1.67. The monoisotopic (exact) mass is 514 g/mol. The van der Waals surface area contributed by atoms with Crippen LogP contribution in [0.1, 0.15) is 124 Å². The Hall–Kier alpha value is -2.55. The Morgan fingerprint density at radius 2 is 1.76 bits per heavy atom. The van der Waals surface area contributed by atoms with Crippen LogP contribution in [0.4, 0.5) is 0 Å². The fourth-order valence-corrected chi connectivity index (χ4v) is 7.38. The number of hydrogen-bond donors (Lipinski definition) is 0. The largest absolute Gasteiger partial charge is 0.300 e. The van der Waals surface area contributed by atoms with Crippen LogP contribution in [-0.4, -0.2) is 17.3 Å². The molecule has 0 amide bonds. The molecule has 3 unspecified atom stereocenters. The molecular formula is C35H46O3. The minimum absolute atomic E-state index is 0.0350. The van der Waals surface area contributed by atoms with Gasteiger partial charge in [0.05, 0.1) is 6.42 Å². The minimum atomic E-state index is -0.0937.